The number of hydrogen-bond acceptors (Lipinski definition) is 5. The highest BCUT2D eigenvalue weighted by Crippen LogP contribution is 2.22. The first kappa shape index (κ1) is 22.1. The zero-order valence-electron chi connectivity index (χ0n) is 18.4. The number of hydrogen-bond donors (Lipinski definition) is 2. The Morgan fingerprint density at radius 1 is 1.09 bits per heavy atom. The lowest BCUT2D eigenvalue weighted by molar-refractivity contribution is -0.118. The van der Waals surface area contributed by atoms with Crippen LogP contribution in [0.25, 0.3) is 10.8 Å². The van der Waals surface area contributed by atoms with Gasteiger partial charge < -0.3 is 10.2 Å². The van der Waals surface area contributed by atoms with Gasteiger partial charge in [-0.05, 0) is 34.9 Å². The predicted molar refractivity (Wildman–Crippen MR) is 128 cm³/mol. The summed E-state index contributed by atoms with van der Waals surface area (Å²) in [7, 11) is 0. The quantitative estimate of drug-likeness (QED) is 0.430. The number of anilines is 2. The Labute approximate surface area is 190 Å². The lowest BCUT2D eigenvalue weighted by Gasteiger charge is -2.24. The molecule has 4 aromatic rings. The van der Waals surface area contributed by atoms with E-state index in [1.165, 1.54) is 15.7 Å². The first-order valence-corrected chi connectivity index (χ1v) is 10.9. The van der Waals surface area contributed by atoms with Crippen LogP contribution in [0.15, 0.2) is 74.9 Å². The molecule has 2 aromatic carbocycles. The average molecular weight is 447 g/mol. The van der Waals surface area contributed by atoms with Gasteiger partial charge >= 0.3 is 5.69 Å². The van der Waals surface area contributed by atoms with Crippen LogP contribution >= 0.6 is 0 Å². The molecular weight excluding hydrogens is 420 g/mol. The molecule has 0 aliphatic heterocycles. The van der Waals surface area contributed by atoms with Gasteiger partial charge in [0.25, 0.3) is 5.56 Å². The van der Waals surface area contributed by atoms with Gasteiger partial charge in [0.05, 0.1) is 19.2 Å². The fraction of sp³-hybridized carbons (Fsp3) is 0.240. The molecule has 170 valence electrons. The Bertz CT molecular complexity index is 1390. The minimum atomic E-state index is -0.705. The van der Waals surface area contributed by atoms with Crippen molar-refractivity contribution in [3.05, 3.63) is 93.0 Å². The fourth-order valence-corrected chi connectivity index (χ4v) is 3.85. The molecule has 0 radical (unpaired) electrons. The normalized spacial score (nSPS) is 11.1. The summed E-state index contributed by atoms with van der Waals surface area (Å²) < 4.78 is 6.73. The maximum Gasteiger partial charge on any atom is 0.330 e. The van der Waals surface area contributed by atoms with Crippen molar-refractivity contribution in [1.29, 1.82) is 0 Å². The average Bonchev–Trinajstić information content (AvgIpc) is 3.31. The molecule has 8 heteroatoms. The third-order valence-corrected chi connectivity index (χ3v) is 5.58. The number of aromatic nitrogens is 2. The second-order valence-electron chi connectivity index (χ2n) is 7.92. The molecule has 0 saturated heterocycles. The van der Waals surface area contributed by atoms with Crippen molar-refractivity contribution in [2.45, 2.75) is 39.3 Å². The summed E-state index contributed by atoms with van der Waals surface area (Å²) >= 11 is 0. The molecule has 0 aliphatic carbocycles. The molecule has 1 amide bonds. The second-order valence-corrected chi connectivity index (χ2v) is 7.92. The highest BCUT2D eigenvalue weighted by atomic mass is 16.3. The zero-order chi connectivity index (χ0) is 23.4. The topological polar surface area (TPSA) is 114 Å². The number of fused-ring (bicyclic) bond motifs is 1. The number of furan rings is 1. The summed E-state index contributed by atoms with van der Waals surface area (Å²) in [6.45, 7) is 2.35. The van der Waals surface area contributed by atoms with Crippen LogP contribution in [0.1, 0.15) is 31.1 Å². The van der Waals surface area contributed by atoms with E-state index >= 15 is 0 Å². The summed E-state index contributed by atoms with van der Waals surface area (Å²) in [4.78, 5) is 42.2. The number of H-pyrrole nitrogens is 1. The number of nitrogens with two attached hydrogens (primary N) is 1. The van der Waals surface area contributed by atoms with Gasteiger partial charge in [-0.2, -0.15) is 0 Å². The molecule has 2 aromatic heterocycles. The minimum Gasteiger partial charge on any atom is -0.467 e. The SMILES string of the molecule is CCCCn1c(N)c(N(Cc2ccco2)C(=O)Cc2ccc3ccccc3c2)c(=O)[nH]c1=O. The van der Waals surface area contributed by atoms with Crippen molar-refractivity contribution >= 4 is 28.2 Å². The van der Waals surface area contributed by atoms with E-state index in [4.69, 9.17) is 10.2 Å². The molecule has 0 atom stereocenters. The molecule has 0 unspecified atom stereocenters. The number of nitrogens with one attached hydrogen (secondary N) is 1. The molecule has 3 N–H and O–H groups in total. The Morgan fingerprint density at radius 3 is 2.61 bits per heavy atom. The highest BCUT2D eigenvalue weighted by molar-refractivity contribution is 5.97. The van der Waals surface area contributed by atoms with Gasteiger partial charge in [0.1, 0.15) is 11.6 Å². The van der Waals surface area contributed by atoms with Gasteiger partial charge in [0.15, 0.2) is 5.69 Å². The van der Waals surface area contributed by atoms with E-state index in [0.717, 1.165) is 22.8 Å². The van der Waals surface area contributed by atoms with Crippen LogP contribution in [0.5, 0.6) is 0 Å². The number of unbranched alkanes of at least 4 members (excludes halogenated alkanes) is 1. The summed E-state index contributed by atoms with van der Waals surface area (Å²) in [5, 5.41) is 2.09. The Hall–Kier alpha value is -4.07. The van der Waals surface area contributed by atoms with E-state index in [1.54, 1.807) is 12.1 Å². The number of nitrogens with zero attached hydrogens (tertiary/aromatic N) is 2. The molecule has 2 heterocycles. The maximum absolute atomic E-state index is 13.5. The number of aromatic amines is 1. The molecule has 0 bridgehead atoms. The third-order valence-electron chi connectivity index (χ3n) is 5.58. The first-order chi connectivity index (χ1) is 16.0. The van der Waals surface area contributed by atoms with Crippen LogP contribution in [-0.2, 0) is 24.3 Å². The van der Waals surface area contributed by atoms with Crippen molar-refractivity contribution in [3.8, 4) is 0 Å². The zero-order valence-corrected chi connectivity index (χ0v) is 18.4. The molecule has 0 spiro atoms. The summed E-state index contributed by atoms with van der Waals surface area (Å²) in [5.74, 6) is 0.127. The van der Waals surface area contributed by atoms with Gasteiger partial charge in [-0.3, -0.25) is 24.0 Å². The van der Waals surface area contributed by atoms with Gasteiger partial charge in [-0.1, -0.05) is 55.8 Å². The van der Waals surface area contributed by atoms with Crippen molar-refractivity contribution in [2.24, 2.45) is 0 Å². The smallest absolute Gasteiger partial charge is 0.330 e. The number of rotatable bonds is 8. The van der Waals surface area contributed by atoms with Crippen LogP contribution in [0.3, 0.4) is 0 Å². The van der Waals surface area contributed by atoms with Crippen LogP contribution < -0.4 is 21.9 Å². The lowest BCUT2D eigenvalue weighted by atomic mass is 10.0. The Morgan fingerprint density at radius 2 is 1.88 bits per heavy atom. The van der Waals surface area contributed by atoms with Crippen LogP contribution in [0, 0.1) is 0 Å². The summed E-state index contributed by atoms with van der Waals surface area (Å²) in [6.07, 6.45) is 3.10. The van der Waals surface area contributed by atoms with Crippen molar-refractivity contribution in [1.82, 2.24) is 9.55 Å². The summed E-state index contributed by atoms with van der Waals surface area (Å²) in [6, 6.07) is 17.1. The third kappa shape index (κ3) is 4.74. The van der Waals surface area contributed by atoms with Crippen LogP contribution in [0.2, 0.25) is 0 Å². The number of carbonyl (C=O) groups is 1. The largest absolute Gasteiger partial charge is 0.467 e. The van der Waals surface area contributed by atoms with Crippen molar-refractivity contribution < 1.29 is 9.21 Å². The minimum absolute atomic E-state index is 0.0126. The molecule has 4 rings (SSSR count). The van der Waals surface area contributed by atoms with E-state index < -0.39 is 11.2 Å². The van der Waals surface area contributed by atoms with E-state index in [9.17, 15) is 14.4 Å². The highest BCUT2D eigenvalue weighted by Gasteiger charge is 2.25. The molecule has 0 fully saturated rings. The second kappa shape index (κ2) is 9.60. The number of carbonyl (C=O) groups excluding carboxylic acids is 1. The van der Waals surface area contributed by atoms with Gasteiger partial charge in [-0.15, -0.1) is 0 Å². The first-order valence-electron chi connectivity index (χ1n) is 10.9. The maximum atomic E-state index is 13.5. The molecule has 33 heavy (non-hydrogen) atoms. The van der Waals surface area contributed by atoms with Crippen LogP contribution in [0.4, 0.5) is 11.5 Å². The van der Waals surface area contributed by atoms with Crippen LogP contribution in [-0.4, -0.2) is 15.5 Å². The van der Waals surface area contributed by atoms with E-state index in [1.807, 2.05) is 49.4 Å². The Kier molecular flexibility index (Phi) is 6.44. The Balaban J connectivity index is 1.74. The summed E-state index contributed by atoms with van der Waals surface area (Å²) in [5.41, 5.74) is 5.74. The van der Waals surface area contributed by atoms with E-state index in [-0.39, 0.29) is 30.4 Å². The fourth-order valence-electron chi connectivity index (χ4n) is 3.85. The van der Waals surface area contributed by atoms with E-state index in [0.29, 0.717) is 18.7 Å². The van der Waals surface area contributed by atoms with Gasteiger partial charge in [0, 0.05) is 6.54 Å². The van der Waals surface area contributed by atoms with Crippen molar-refractivity contribution in [3.63, 3.8) is 0 Å². The monoisotopic (exact) mass is 446 g/mol. The predicted octanol–water partition coefficient (Wildman–Crippen LogP) is 3.44. The number of benzene rings is 2. The van der Waals surface area contributed by atoms with Gasteiger partial charge in [0.2, 0.25) is 5.91 Å². The molecule has 0 aliphatic rings. The van der Waals surface area contributed by atoms with Crippen molar-refractivity contribution in [2.75, 3.05) is 10.6 Å². The molecule has 0 saturated carbocycles. The van der Waals surface area contributed by atoms with Gasteiger partial charge in [-0.25, -0.2) is 4.79 Å². The number of nitrogen functional groups attached to an aromatic ring is 1. The van der Waals surface area contributed by atoms with E-state index in [2.05, 4.69) is 4.98 Å². The molecule has 8 nitrogen and oxygen atoms in total. The molecular formula is C25H26N4O4. The lowest BCUT2D eigenvalue weighted by Crippen LogP contribution is -2.41. The standard InChI is InChI=1S/C25H26N4O4/c1-2-3-12-28-23(26)22(24(31)27-25(28)32)29(16-20-9-6-13-33-20)21(30)15-17-10-11-18-7-4-5-8-19(18)14-17/h4-11,13-14H,2-3,12,15-16,26H2,1H3,(H,27,31,32). The number of amides is 1.